The van der Waals surface area contributed by atoms with Gasteiger partial charge in [0.1, 0.15) is 17.3 Å². The zero-order chi connectivity index (χ0) is 14.5. The number of anilines is 1. The normalized spacial score (nSPS) is 12.5. The second-order valence-electron chi connectivity index (χ2n) is 3.80. The second kappa shape index (κ2) is 6.26. The number of halogens is 3. The fourth-order valence-electron chi connectivity index (χ4n) is 1.49. The lowest BCUT2D eigenvalue weighted by atomic mass is 10.3. The van der Waals surface area contributed by atoms with Crippen LogP contribution in [0.25, 0.3) is 0 Å². The molecular formula is C11H15F3N4O. The van der Waals surface area contributed by atoms with Gasteiger partial charge in [0.25, 0.3) is 0 Å². The molecule has 3 N–H and O–H groups in total. The van der Waals surface area contributed by atoms with Gasteiger partial charge in [-0.3, -0.25) is 0 Å². The summed E-state index contributed by atoms with van der Waals surface area (Å²) >= 11 is 0. The molecule has 0 aromatic carbocycles. The number of alkyl halides is 3. The predicted molar refractivity (Wildman–Crippen MR) is 65.2 cm³/mol. The molecule has 1 rings (SSSR count). The average molecular weight is 276 g/mol. The van der Waals surface area contributed by atoms with E-state index in [-0.39, 0.29) is 18.1 Å². The van der Waals surface area contributed by atoms with Crippen molar-refractivity contribution < 1.29 is 18.4 Å². The summed E-state index contributed by atoms with van der Waals surface area (Å²) in [5, 5.41) is 11.2. The van der Waals surface area contributed by atoms with Gasteiger partial charge in [0.2, 0.25) is 0 Å². The van der Waals surface area contributed by atoms with Gasteiger partial charge in [0.05, 0.1) is 0 Å². The van der Waals surface area contributed by atoms with Crippen LogP contribution in [0.2, 0.25) is 0 Å². The van der Waals surface area contributed by atoms with E-state index in [1.165, 1.54) is 12.1 Å². The summed E-state index contributed by atoms with van der Waals surface area (Å²) in [6.45, 7) is 2.57. The molecule has 5 nitrogen and oxygen atoms in total. The minimum absolute atomic E-state index is 0.0189. The van der Waals surface area contributed by atoms with Gasteiger partial charge in [-0.1, -0.05) is 11.2 Å². The molecule has 1 heterocycles. The van der Waals surface area contributed by atoms with E-state index in [4.69, 9.17) is 10.9 Å². The number of pyridine rings is 1. The minimum atomic E-state index is -4.47. The smallest absolute Gasteiger partial charge is 0.409 e. The summed E-state index contributed by atoms with van der Waals surface area (Å²) in [5.41, 5.74) is 4.39. The van der Waals surface area contributed by atoms with Crippen LogP contribution in [0.3, 0.4) is 0 Å². The molecule has 0 radical (unpaired) electrons. The molecule has 0 amide bonds. The third-order valence-corrected chi connectivity index (χ3v) is 2.50. The van der Waals surface area contributed by atoms with Gasteiger partial charge in [-0.15, -0.1) is 0 Å². The number of nitrogens with zero attached hydrogens (tertiary/aromatic N) is 3. The van der Waals surface area contributed by atoms with Crippen molar-refractivity contribution in [2.24, 2.45) is 10.9 Å². The Morgan fingerprint density at radius 3 is 2.68 bits per heavy atom. The van der Waals surface area contributed by atoms with Crippen molar-refractivity contribution in [3.05, 3.63) is 23.9 Å². The van der Waals surface area contributed by atoms with Crippen LogP contribution in [0, 0.1) is 0 Å². The monoisotopic (exact) mass is 276 g/mol. The average Bonchev–Trinajstić information content (AvgIpc) is 2.38. The Morgan fingerprint density at radius 1 is 1.47 bits per heavy atom. The molecule has 0 aliphatic carbocycles. The van der Waals surface area contributed by atoms with Gasteiger partial charge in [-0.25, -0.2) is 4.98 Å². The van der Waals surface area contributed by atoms with Gasteiger partial charge in [-0.2, -0.15) is 13.2 Å². The highest BCUT2D eigenvalue weighted by Gasteiger charge is 2.32. The molecule has 0 atom stereocenters. The van der Waals surface area contributed by atoms with E-state index in [9.17, 15) is 13.2 Å². The third kappa shape index (κ3) is 4.31. The van der Waals surface area contributed by atoms with E-state index >= 15 is 0 Å². The van der Waals surface area contributed by atoms with Crippen LogP contribution >= 0.6 is 0 Å². The first-order valence-corrected chi connectivity index (χ1v) is 5.64. The Morgan fingerprint density at radius 2 is 2.16 bits per heavy atom. The van der Waals surface area contributed by atoms with Gasteiger partial charge in [0.15, 0.2) is 0 Å². The lowest BCUT2D eigenvalue weighted by molar-refractivity contribution is -0.141. The van der Waals surface area contributed by atoms with Crippen molar-refractivity contribution >= 4 is 11.7 Å². The predicted octanol–water partition coefficient (Wildman–Crippen LogP) is 2.06. The van der Waals surface area contributed by atoms with Gasteiger partial charge < -0.3 is 15.8 Å². The lowest BCUT2D eigenvalue weighted by Crippen LogP contribution is -2.29. The van der Waals surface area contributed by atoms with Crippen LogP contribution in [-0.2, 0) is 6.18 Å². The lowest BCUT2D eigenvalue weighted by Gasteiger charge is -2.22. The number of aromatic nitrogens is 1. The third-order valence-electron chi connectivity index (χ3n) is 2.50. The second-order valence-corrected chi connectivity index (χ2v) is 3.80. The zero-order valence-corrected chi connectivity index (χ0v) is 10.4. The van der Waals surface area contributed by atoms with Crippen molar-refractivity contribution in [3.8, 4) is 0 Å². The van der Waals surface area contributed by atoms with Crippen LogP contribution in [-0.4, -0.2) is 29.1 Å². The minimum Gasteiger partial charge on any atom is -0.409 e. The van der Waals surface area contributed by atoms with E-state index in [1.54, 1.807) is 11.8 Å². The van der Waals surface area contributed by atoms with Crippen molar-refractivity contribution in [3.63, 3.8) is 0 Å². The molecule has 8 heteroatoms. The number of hydrogen-bond donors (Lipinski definition) is 2. The van der Waals surface area contributed by atoms with Crippen molar-refractivity contribution in [2.75, 3.05) is 18.0 Å². The molecule has 106 valence electrons. The van der Waals surface area contributed by atoms with Crippen LogP contribution in [0.5, 0.6) is 0 Å². The van der Waals surface area contributed by atoms with Crippen LogP contribution < -0.4 is 10.6 Å². The molecule has 1 aromatic rings. The maximum atomic E-state index is 12.6. The molecule has 0 aliphatic rings. The van der Waals surface area contributed by atoms with Crippen LogP contribution in [0.15, 0.2) is 23.4 Å². The molecule has 0 unspecified atom stereocenters. The highest BCUT2D eigenvalue weighted by atomic mass is 19.4. The van der Waals surface area contributed by atoms with E-state index in [0.29, 0.717) is 13.1 Å². The summed E-state index contributed by atoms with van der Waals surface area (Å²) in [6, 6.07) is 3.71. The highest BCUT2D eigenvalue weighted by Crippen LogP contribution is 2.28. The van der Waals surface area contributed by atoms with Crippen LogP contribution in [0.4, 0.5) is 19.0 Å². The van der Waals surface area contributed by atoms with E-state index in [2.05, 4.69) is 10.1 Å². The van der Waals surface area contributed by atoms with E-state index < -0.39 is 11.9 Å². The number of oxime groups is 1. The standard InChI is InChI=1S/C11H15F3N4O/c1-2-18(7-6-9(15)17-19)10-5-3-4-8(16-10)11(12,13)14/h3-5,19H,2,6-7H2,1H3,(H2,15,17). The van der Waals surface area contributed by atoms with E-state index in [0.717, 1.165) is 6.07 Å². The molecule has 0 spiro atoms. The quantitative estimate of drug-likeness (QED) is 0.373. The van der Waals surface area contributed by atoms with Crippen molar-refractivity contribution in [1.82, 2.24) is 4.98 Å². The van der Waals surface area contributed by atoms with Crippen molar-refractivity contribution in [1.29, 1.82) is 0 Å². The maximum Gasteiger partial charge on any atom is 0.433 e. The molecule has 0 saturated carbocycles. The Labute approximate surface area is 108 Å². The zero-order valence-electron chi connectivity index (χ0n) is 10.4. The van der Waals surface area contributed by atoms with Gasteiger partial charge >= 0.3 is 6.18 Å². The first-order valence-electron chi connectivity index (χ1n) is 5.64. The highest BCUT2D eigenvalue weighted by molar-refractivity contribution is 5.80. The first kappa shape index (κ1) is 15.1. The molecule has 0 bridgehead atoms. The number of amidine groups is 1. The number of rotatable bonds is 5. The SMILES string of the molecule is CCN(CCC(N)=NO)c1cccc(C(F)(F)F)n1. The largest absolute Gasteiger partial charge is 0.433 e. The maximum absolute atomic E-state index is 12.6. The molecule has 19 heavy (non-hydrogen) atoms. The summed E-state index contributed by atoms with van der Waals surface area (Å²) in [5.74, 6) is 0.230. The Hall–Kier alpha value is -1.99. The van der Waals surface area contributed by atoms with Crippen LogP contribution in [0.1, 0.15) is 19.0 Å². The molecule has 0 aliphatic heterocycles. The van der Waals surface area contributed by atoms with Crippen molar-refractivity contribution in [2.45, 2.75) is 19.5 Å². The van der Waals surface area contributed by atoms with Gasteiger partial charge in [0, 0.05) is 19.5 Å². The molecule has 0 fully saturated rings. The fraction of sp³-hybridized carbons (Fsp3) is 0.455. The Kier molecular flexibility index (Phi) is 4.96. The first-order chi connectivity index (χ1) is 8.88. The number of nitrogens with two attached hydrogens (primary N) is 1. The number of hydrogen-bond acceptors (Lipinski definition) is 4. The van der Waals surface area contributed by atoms with Gasteiger partial charge in [-0.05, 0) is 19.1 Å². The summed E-state index contributed by atoms with van der Waals surface area (Å²) in [7, 11) is 0. The summed E-state index contributed by atoms with van der Waals surface area (Å²) in [4.78, 5) is 5.20. The Bertz CT molecular complexity index is 448. The fourth-order valence-corrected chi connectivity index (χ4v) is 1.49. The molecule has 0 saturated heterocycles. The Balaban J connectivity index is 2.87. The topological polar surface area (TPSA) is 74.7 Å². The summed E-state index contributed by atoms with van der Waals surface area (Å²) in [6.07, 6.45) is -4.23. The summed E-state index contributed by atoms with van der Waals surface area (Å²) < 4.78 is 37.7. The molecular weight excluding hydrogens is 261 g/mol. The van der Waals surface area contributed by atoms with E-state index in [1.807, 2.05) is 0 Å². The molecule has 1 aromatic heterocycles.